The average molecular weight is 260 g/mol. The normalized spacial score (nSPS) is 17.4. The second kappa shape index (κ2) is 4.46. The van der Waals surface area contributed by atoms with E-state index in [9.17, 15) is 0 Å². The quantitative estimate of drug-likeness (QED) is 0.921. The van der Waals surface area contributed by atoms with Crippen LogP contribution in [-0.2, 0) is 10.2 Å². The van der Waals surface area contributed by atoms with Gasteiger partial charge in [-0.1, -0.05) is 30.3 Å². The van der Waals surface area contributed by atoms with Crippen molar-refractivity contribution in [3.63, 3.8) is 0 Å². The molecule has 2 N–H and O–H groups in total. The zero-order valence-corrected chi connectivity index (χ0v) is 11.2. The second-order valence-corrected chi connectivity index (χ2v) is 5.78. The van der Waals surface area contributed by atoms with Crippen molar-refractivity contribution >= 4 is 11.3 Å². The molecule has 0 aliphatic carbocycles. The Morgan fingerprint density at radius 3 is 2.61 bits per heavy atom. The van der Waals surface area contributed by atoms with Crippen molar-refractivity contribution in [1.29, 1.82) is 0 Å². The molecule has 0 bridgehead atoms. The van der Waals surface area contributed by atoms with Gasteiger partial charge in [-0.3, -0.25) is 0 Å². The Morgan fingerprint density at radius 2 is 2.06 bits per heavy atom. The first-order valence-corrected chi connectivity index (χ1v) is 6.88. The molecule has 1 fully saturated rings. The molecule has 1 aliphatic heterocycles. The highest BCUT2D eigenvalue weighted by Crippen LogP contribution is 2.39. The van der Waals surface area contributed by atoms with Crippen LogP contribution < -0.4 is 5.73 Å². The number of nitrogens with zero attached hydrogens (tertiary/aromatic N) is 1. The summed E-state index contributed by atoms with van der Waals surface area (Å²) in [6.45, 7) is 4.14. The third-order valence-electron chi connectivity index (χ3n) is 3.45. The molecule has 0 spiro atoms. The smallest absolute Gasteiger partial charge is 0.123 e. The molecule has 0 atom stereocenters. The summed E-state index contributed by atoms with van der Waals surface area (Å²) in [5.41, 5.74) is 8.19. The van der Waals surface area contributed by atoms with Gasteiger partial charge in [0.2, 0.25) is 0 Å². The van der Waals surface area contributed by atoms with Crippen LogP contribution in [0.5, 0.6) is 0 Å². The molecule has 3 rings (SSSR count). The largest absolute Gasteiger partial charge is 0.379 e. The van der Waals surface area contributed by atoms with Gasteiger partial charge < -0.3 is 10.5 Å². The van der Waals surface area contributed by atoms with Gasteiger partial charge in [-0.25, -0.2) is 4.98 Å². The Bertz CT molecular complexity index is 541. The molecule has 0 amide bonds. The summed E-state index contributed by atoms with van der Waals surface area (Å²) >= 11 is 1.75. The lowest BCUT2D eigenvalue weighted by Gasteiger charge is -2.39. The van der Waals surface area contributed by atoms with Crippen molar-refractivity contribution in [1.82, 2.24) is 4.98 Å². The Hall–Kier alpha value is -1.23. The van der Waals surface area contributed by atoms with Crippen LogP contribution in [0, 0.1) is 6.92 Å². The van der Waals surface area contributed by atoms with Crippen molar-refractivity contribution in [2.24, 2.45) is 5.73 Å². The summed E-state index contributed by atoms with van der Waals surface area (Å²) in [5.74, 6) is 0. The summed E-state index contributed by atoms with van der Waals surface area (Å²) in [7, 11) is 0. The molecular weight excluding hydrogens is 244 g/mol. The fraction of sp³-hybridized carbons (Fsp3) is 0.357. The fourth-order valence-corrected chi connectivity index (χ4v) is 3.52. The van der Waals surface area contributed by atoms with Gasteiger partial charge in [-0.15, -0.1) is 11.3 Å². The van der Waals surface area contributed by atoms with Crippen LogP contribution >= 0.6 is 11.3 Å². The van der Waals surface area contributed by atoms with E-state index in [1.807, 2.05) is 18.2 Å². The van der Waals surface area contributed by atoms with E-state index < -0.39 is 0 Å². The van der Waals surface area contributed by atoms with Crippen LogP contribution in [0.3, 0.4) is 0 Å². The maximum atomic E-state index is 5.92. The predicted molar refractivity (Wildman–Crippen MR) is 73.8 cm³/mol. The van der Waals surface area contributed by atoms with Crippen molar-refractivity contribution in [2.75, 3.05) is 19.8 Å². The third-order valence-corrected chi connectivity index (χ3v) is 4.90. The highest BCUT2D eigenvalue weighted by Gasteiger charge is 2.42. The second-order valence-electron chi connectivity index (χ2n) is 4.78. The molecule has 94 valence electrons. The van der Waals surface area contributed by atoms with E-state index >= 15 is 0 Å². The number of hydrogen-bond acceptors (Lipinski definition) is 4. The Kier molecular flexibility index (Phi) is 2.93. The first kappa shape index (κ1) is 11.8. The molecule has 0 radical (unpaired) electrons. The number of aryl methyl sites for hydroxylation is 1. The number of hydrogen-bond donors (Lipinski definition) is 1. The minimum atomic E-state index is 0.00871. The lowest BCUT2D eigenvalue weighted by atomic mass is 9.83. The number of benzene rings is 1. The van der Waals surface area contributed by atoms with E-state index in [1.165, 1.54) is 10.4 Å². The Morgan fingerprint density at radius 1 is 1.33 bits per heavy atom. The van der Waals surface area contributed by atoms with Gasteiger partial charge in [0.25, 0.3) is 0 Å². The minimum absolute atomic E-state index is 0.00871. The van der Waals surface area contributed by atoms with E-state index in [-0.39, 0.29) is 5.41 Å². The zero-order chi connectivity index (χ0) is 12.6. The maximum absolute atomic E-state index is 5.92. The van der Waals surface area contributed by atoms with Crippen molar-refractivity contribution < 1.29 is 4.74 Å². The SMILES string of the molecule is Cc1nc(-c2ccccc2)sc1C1(CN)COC1. The monoisotopic (exact) mass is 260 g/mol. The summed E-state index contributed by atoms with van der Waals surface area (Å²) in [6, 6.07) is 10.3. The van der Waals surface area contributed by atoms with Gasteiger partial charge in [-0.2, -0.15) is 0 Å². The molecule has 3 nitrogen and oxygen atoms in total. The third kappa shape index (κ3) is 1.77. The van der Waals surface area contributed by atoms with Gasteiger partial charge in [0.1, 0.15) is 5.01 Å². The molecule has 1 aromatic carbocycles. The number of ether oxygens (including phenoxy) is 1. The molecule has 2 heterocycles. The lowest BCUT2D eigenvalue weighted by molar-refractivity contribution is -0.0535. The minimum Gasteiger partial charge on any atom is -0.379 e. The topological polar surface area (TPSA) is 48.1 Å². The lowest BCUT2D eigenvalue weighted by Crippen LogP contribution is -2.52. The van der Waals surface area contributed by atoms with Crippen LogP contribution in [0.1, 0.15) is 10.6 Å². The summed E-state index contributed by atoms with van der Waals surface area (Å²) < 4.78 is 5.35. The van der Waals surface area contributed by atoms with E-state index in [4.69, 9.17) is 10.5 Å². The van der Waals surface area contributed by atoms with E-state index in [1.54, 1.807) is 11.3 Å². The van der Waals surface area contributed by atoms with Crippen molar-refractivity contribution in [3.05, 3.63) is 40.9 Å². The van der Waals surface area contributed by atoms with E-state index in [0.717, 1.165) is 23.9 Å². The predicted octanol–water partition coefficient (Wildman–Crippen LogP) is 2.35. The van der Waals surface area contributed by atoms with Crippen molar-refractivity contribution in [3.8, 4) is 10.6 Å². The first-order valence-electron chi connectivity index (χ1n) is 6.06. The molecule has 1 aromatic heterocycles. The van der Waals surface area contributed by atoms with Crippen LogP contribution in [0.15, 0.2) is 30.3 Å². The summed E-state index contributed by atoms with van der Waals surface area (Å²) in [6.07, 6.45) is 0. The molecular formula is C14H16N2OS. The average Bonchev–Trinajstić information content (AvgIpc) is 2.73. The molecule has 1 aliphatic rings. The first-order chi connectivity index (χ1) is 8.75. The van der Waals surface area contributed by atoms with E-state index in [2.05, 4.69) is 24.0 Å². The number of rotatable bonds is 3. The standard InChI is InChI=1S/C14H16N2OS/c1-10-12(14(7-15)8-17-9-14)18-13(16-10)11-5-3-2-4-6-11/h2-6H,7-9,15H2,1H3. The van der Waals surface area contributed by atoms with Gasteiger partial charge in [0.05, 0.1) is 24.3 Å². The number of thiazole rings is 1. The van der Waals surface area contributed by atoms with Crippen LogP contribution in [0.2, 0.25) is 0 Å². The van der Waals surface area contributed by atoms with Crippen molar-refractivity contribution in [2.45, 2.75) is 12.3 Å². The van der Waals surface area contributed by atoms with Crippen LogP contribution in [0.4, 0.5) is 0 Å². The summed E-state index contributed by atoms with van der Waals surface area (Å²) in [5, 5.41) is 1.07. The Labute approximate surface area is 111 Å². The molecule has 0 unspecified atom stereocenters. The zero-order valence-electron chi connectivity index (χ0n) is 10.3. The molecule has 18 heavy (non-hydrogen) atoms. The molecule has 0 saturated carbocycles. The molecule has 2 aromatic rings. The fourth-order valence-electron chi connectivity index (χ4n) is 2.28. The van der Waals surface area contributed by atoms with Gasteiger partial charge in [0.15, 0.2) is 0 Å². The van der Waals surface area contributed by atoms with Gasteiger partial charge in [-0.05, 0) is 6.92 Å². The number of aromatic nitrogens is 1. The highest BCUT2D eigenvalue weighted by atomic mass is 32.1. The molecule has 1 saturated heterocycles. The van der Waals surface area contributed by atoms with E-state index in [0.29, 0.717) is 6.54 Å². The van der Waals surface area contributed by atoms with Gasteiger partial charge in [0, 0.05) is 17.0 Å². The Balaban J connectivity index is 2.01. The highest BCUT2D eigenvalue weighted by molar-refractivity contribution is 7.15. The van der Waals surface area contributed by atoms with Crippen LogP contribution in [0.25, 0.3) is 10.6 Å². The van der Waals surface area contributed by atoms with Crippen LogP contribution in [-0.4, -0.2) is 24.7 Å². The molecule has 4 heteroatoms. The van der Waals surface area contributed by atoms with Gasteiger partial charge >= 0.3 is 0 Å². The maximum Gasteiger partial charge on any atom is 0.123 e. The number of nitrogens with two attached hydrogens (primary N) is 1. The summed E-state index contributed by atoms with van der Waals surface area (Å²) in [4.78, 5) is 5.97.